The van der Waals surface area contributed by atoms with Crippen LogP contribution < -0.4 is 10.6 Å². The van der Waals surface area contributed by atoms with E-state index >= 15 is 0 Å². The van der Waals surface area contributed by atoms with E-state index in [1.807, 2.05) is 0 Å². The van der Waals surface area contributed by atoms with Crippen LogP contribution in [0.3, 0.4) is 0 Å². The molecule has 720 valence electrons. The Morgan fingerprint density at radius 1 is 0.292 bits per heavy atom. The van der Waals surface area contributed by atoms with Crippen LogP contribution in [-0.2, 0) is 37.9 Å². The fraction of sp³-hybridized carbons (Fsp3) is 1.00. The zero-order chi connectivity index (χ0) is 91.8. The first-order valence-corrected chi connectivity index (χ1v) is 48.5. The van der Waals surface area contributed by atoms with Crippen LogP contribution in [0.4, 0.5) is 0 Å². The van der Waals surface area contributed by atoms with Gasteiger partial charge in [0.2, 0.25) is 0 Å². The van der Waals surface area contributed by atoms with Crippen LogP contribution in [0.2, 0.25) is 0 Å². The highest BCUT2D eigenvalue weighted by atomic mass is 16.5. The van der Waals surface area contributed by atoms with E-state index in [9.17, 15) is 0 Å². The number of piperazine rings is 5. The highest BCUT2D eigenvalue weighted by Crippen LogP contribution is 2.47. The third-order valence-corrected chi connectivity index (χ3v) is 21.5. The Morgan fingerprint density at radius 2 is 0.583 bits per heavy atom. The van der Waals surface area contributed by atoms with Crippen molar-refractivity contribution in [3.05, 3.63) is 0 Å². The molecule has 7 rings (SSSR count). The molecule has 0 amide bonds. The van der Waals surface area contributed by atoms with Crippen LogP contribution in [0.25, 0.3) is 0 Å². The second-order valence-electron chi connectivity index (χ2n) is 49.1. The van der Waals surface area contributed by atoms with Gasteiger partial charge in [-0.15, -0.1) is 0 Å². The monoisotopic (exact) mass is 1710 g/mol. The van der Waals surface area contributed by atoms with Gasteiger partial charge in [-0.25, -0.2) is 0 Å². The van der Waals surface area contributed by atoms with Crippen LogP contribution in [0.1, 0.15) is 296 Å². The van der Waals surface area contributed by atoms with Gasteiger partial charge in [-0.05, 0) is 252 Å². The van der Waals surface area contributed by atoms with Crippen molar-refractivity contribution in [1.82, 2.24) is 59.6 Å². The molecule has 2 N–H and O–H groups in total. The molecule has 5 aliphatic heterocycles. The van der Waals surface area contributed by atoms with Crippen LogP contribution >= 0.6 is 0 Å². The maximum absolute atomic E-state index is 5.91. The van der Waals surface area contributed by atoms with Crippen molar-refractivity contribution in [2.24, 2.45) is 39.4 Å². The molecule has 0 radical (unpaired) electrons. The predicted octanol–water partition coefficient (Wildman–Crippen LogP) is 17.1. The normalized spacial score (nSPS) is 21.7. The number of nitrogens with one attached hydrogen (secondary N) is 2. The van der Waals surface area contributed by atoms with Gasteiger partial charge >= 0.3 is 0 Å². The first-order chi connectivity index (χ1) is 54.7. The maximum atomic E-state index is 5.91. The van der Waals surface area contributed by atoms with Crippen molar-refractivity contribution in [2.45, 2.75) is 353 Å². The van der Waals surface area contributed by atoms with Crippen LogP contribution in [0.15, 0.2) is 0 Å². The summed E-state index contributed by atoms with van der Waals surface area (Å²) in [5.74, 6) is 2.59. The Bertz CT molecular complexity index is 2290. The molecule has 0 spiro atoms. The molecule has 5 saturated heterocycles. The van der Waals surface area contributed by atoms with Gasteiger partial charge in [0, 0.05) is 214 Å². The molecule has 0 aromatic carbocycles. The van der Waals surface area contributed by atoms with Crippen molar-refractivity contribution in [2.75, 3.05) is 262 Å². The first-order valence-electron chi connectivity index (χ1n) is 48.5. The molecular formula is C100H212N12O8. The number of hydrogen-bond acceptors (Lipinski definition) is 20. The topological polar surface area (TPSA) is 130 Å². The Balaban J connectivity index is 0.000000707. The van der Waals surface area contributed by atoms with E-state index in [0.29, 0.717) is 22.3 Å². The summed E-state index contributed by atoms with van der Waals surface area (Å²) in [6, 6.07) is 0.731. The maximum Gasteiger partial charge on any atom is 0.0615 e. The van der Waals surface area contributed by atoms with Crippen molar-refractivity contribution in [3.8, 4) is 0 Å². The van der Waals surface area contributed by atoms with Crippen LogP contribution in [0, 0.1) is 39.4 Å². The molecule has 4 atom stereocenters. The average Bonchev–Trinajstić information content (AvgIpc) is 1.67. The number of nitrogens with zero attached hydrogens (tertiary/aromatic N) is 10. The molecule has 120 heavy (non-hydrogen) atoms. The highest BCUT2D eigenvalue weighted by Gasteiger charge is 2.43. The van der Waals surface area contributed by atoms with Crippen molar-refractivity contribution >= 4 is 0 Å². The van der Waals surface area contributed by atoms with Gasteiger partial charge in [0.15, 0.2) is 0 Å². The van der Waals surface area contributed by atoms with Crippen molar-refractivity contribution < 1.29 is 37.9 Å². The minimum Gasteiger partial charge on any atom is -0.380 e. The highest BCUT2D eigenvalue weighted by molar-refractivity contribution is 4.93. The molecule has 0 aromatic rings. The summed E-state index contributed by atoms with van der Waals surface area (Å²) >= 11 is 0. The summed E-state index contributed by atoms with van der Waals surface area (Å²) in [5, 5.41) is 7.12. The molecule has 5 heterocycles. The third-order valence-electron chi connectivity index (χ3n) is 21.5. The second-order valence-corrected chi connectivity index (χ2v) is 49.1. The summed E-state index contributed by atoms with van der Waals surface area (Å²) in [6.07, 6.45) is 5.85. The molecule has 0 bridgehead atoms. The van der Waals surface area contributed by atoms with Gasteiger partial charge in [0.25, 0.3) is 0 Å². The summed E-state index contributed by atoms with van der Waals surface area (Å²) in [5.41, 5.74) is 1.81. The predicted molar refractivity (Wildman–Crippen MR) is 517 cm³/mol. The van der Waals surface area contributed by atoms with E-state index in [1.54, 1.807) is 0 Å². The molecule has 20 heteroatoms. The second kappa shape index (κ2) is 56.0. The molecule has 20 nitrogen and oxygen atoms in total. The Labute approximate surface area is 747 Å². The van der Waals surface area contributed by atoms with E-state index in [2.05, 4.69) is 330 Å². The van der Waals surface area contributed by atoms with Gasteiger partial charge in [-0.1, -0.05) is 90.0 Å². The Kier molecular flexibility index (Phi) is 54.7. The fourth-order valence-corrected chi connectivity index (χ4v) is 14.5. The largest absolute Gasteiger partial charge is 0.380 e. The zero-order valence-corrected chi connectivity index (χ0v) is 87.7. The van der Waals surface area contributed by atoms with E-state index in [0.717, 1.165) is 194 Å². The third kappa shape index (κ3) is 74.0. The van der Waals surface area contributed by atoms with E-state index < -0.39 is 0 Å². The molecule has 7 aliphatic rings. The smallest absolute Gasteiger partial charge is 0.0615 e. The van der Waals surface area contributed by atoms with Crippen LogP contribution in [0.5, 0.6) is 0 Å². The van der Waals surface area contributed by atoms with Crippen molar-refractivity contribution in [1.29, 1.82) is 0 Å². The summed E-state index contributed by atoms with van der Waals surface area (Å²) < 4.78 is 46.4. The number of hydrogen-bond donors (Lipinski definition) is 2. The quantitative estimate of drug-likeness (QED) is 0.0604. The summed E-state index contributed by atoms with van der Waals surface area (Å²) in [4.78, 5) is 25.2. The molecule has 4 unspecified atom stereocenters. The first kappa shape index (κ1) is 117. The molecule has 2 aliphatic carbocycles. The van der Waals surface area contributed by atoms with E-state index in [4.69, 9.17) is 37.9 Å². The molecule has 0 aromatic heterocycles. The Hall–Kier alpha value is -0.800. The SMILES string of the molecule is CC(C)(C)CC1CC1COC(C)(C)C.CC(C)(C)CC1CC1OC(C)(C)C.CC(C)(C)CNCCN1CCN(CCOC(C)(C)C)CC1.CC(C)(C)COCCN1CCN(CCOC(C)(C)C)CC1.CC(C)(C)NCCN1CCN(CCOC(C)(C)C)CC1.CC(C)(C)OCCN1CCN(CCOC(C)(C)C)CC1.CCN1CCN(C(C)C)CC1. The number of rotatable bonds is 33. The van der Waals surface area contributed by atoms with E-state index in [-0.39, 0.29) is 50.2 Å². The van der Waals surface area contributed by atoms with Gasteiger partial charge in [0.05, 0.1) is 98.2 Å². The van der Waals surface area contributed by atoms with Gasteiger partial charge < -0.3 is 53.4 Å². The van der Waals surface area contributed by atoms with Crippen molar-refractivity contribution in [3.63, 3.8) is 0 Å². The lowest BCUT2D eigenvalue weighted by Gasteiger charge is -2.36. The Morgan fingerprint density at radius 3 is 0.850 bits per heavy atom. The van der Waals surface area contributed by atoms with E-state index in [1.165, 1.54) is 117 Å². The molecular weight excluding hydrogens is 1500 g/mol. The molecule has 7 fully saturated rings. The fourth-order valence-electron chi connectivity index (χ4n) is 14.5. The van der Waals surface area contributed by atoms with Gasteiger partial charge in [-0.3, -0.25) is 44.1 Å². The summed E-state index contributed by atoms with van der Waals surface area (Å²) in [7, 11) is 0. The minimum atomic E-state index is -0.0217. The average molecular weight is 1710 g/mol. The lowest BCUT2D eigenvalue weighted by atomic mass is 9.89. The number of ether oxygens (including phenoxy) is 8. The summed E-state index contributed by atoms with van der Waals surface area (Å²) in [6.45, 7) is 129. The van der Waals surface area contributed by atoms with Gasteiger partial charge in [-0.2, -0.15) is 0 Å². The standard InChI is InChI=1S/C17H37N3O.C17H36N2O2.C16H35N3O.C16H34N2O2.C13H26O.C12H24O.C9H20N2/c1-16(2,3)15-18-7-8-19-9-11-20(12-10-19)13-14-21-17(4,5)6;1-16(2,3)15-20-13-11-18-7-9-19(10-8-18)12-14-21-17(4,5)6;1-15(2,3)17-7-8-18-9-11-19(12-10-18)13-14-20-16(4,5)6;1-15(2,3)19-13-11-17-7-9-18(10-8-17)12-14-20-16(4,5)6;1-12(2,3)8-10-7-11(10)9-14-13(4,5)6;1-11(2,3)8-9-7-10(9)13-12(4,5)6;1-4-10-5-7-11(8-6-10)9(2)3/h18H,7-15H2,1-6H3;7-15H2,1-6H3;17H,7-14H2,1-6H3;7-14H2,1-6H3;10-11H,7-9H2,1-6H3;9-10H,7-8H2,1-6H3;9H,4-8H2,1-3H3. The van der Waals surface area contributed by atoms with Gasteiger partial charge in [0.1, 0.15) is 0 Å². The zero-order valence-electron chi connectivity index (χ0n) is 87.7. The lowest BCUT2D eigenvalue weighted by molar-refractivity contribution is -0.0280. The molecule has 2 saturated carbocycles. The number of likely N-dealkylation sites (N-methyl/N-ethyl adjacent to an activating group) is 1. The lowest BCUT2D eigenvalue weighted by Crippen LogP contribution is -2.50. The van der Waals surface area contributed by atoms with Crippen LogP contribution in [-0.4, -0.2) is 368 Å². The minimum absolute atomic E-state index is 0.0133.